The molecule has 1 unspecified atom stereocenters. The SMILES string of the molecule is CCCNC(Cc1nccs1)c1cc2c(s1)CCSC2. The number of fused-ring (bicyclic) bond motifs is 1. The molecule has 0 saturated heterocycles. The number of nitrogens with zero attached hydrogens (tertiary/aromatic N) is 1. The van der Waals surface area contributed by atoms with Crippen LogP contribution in [0.25, 0.3) is 0 Å². The highest BCUT2D eigenvalue weighted by atomic mass is 32.2. The van der Waals surface area contributed by atoms with E-state index in [2.05, 4.69) is 40.4 Å². The van der Waals surface area contributed by atoms with E-state index >= 15 is 0 Å². The lowest BCUT2D eigenvalue weighted by molar-refractivity contribution is 0.535. The maximum absolute atomic E-state index is 4.45. The maximum Gasteiger partial charge on any atom is 0.0944 e. The molecule has 5 heteroatoms. The van der Waals surface area contributed by atoms with Gasteiger partial charge in [-0.2, -0.15) is 11.8 Å². The number of aromatic nitrogens is 1. The Morgan fingerprint density at radius 1 is 1.45 bits per heavy atom. The number of aryl methyl sites for hydroxylation is 1. The van der Waals surface area contributed by atoms with Gasteiger partial charge in [-0.1, -0.05) is 6.92 Å². The molecule has 0 radical (unpaired) electrons. The lowest BCUT2D eigenvalue weighted by Gasteiger charge is -2.15. The first-order valence-corrected chi connectivity index (χ1v) is 10.0. The number of rotatable bonds is 6. The summed E-state index contributed by atoms with van der Waals surface area (Å²) < 4.78 is 0. The molecule has 2 nitrogen and oxygen atoms in total. The van der Waals surface area contributed by atoms with Crippen molar-refractivity contribution in [2.24, 2.45) is 0 Å². The molecule has 0 spiro atoms. The highest BCUT2D eigenvalue weighted by Crippen LogP contribution is 2.35. The Labute approximate surface area is 133 Å². The molecular formula is C15H20N2S3. The van der Waals surface area contributed by atoms with Gasteiger partial charge in [-0.15, -0.1) is 22.7 Å². The molecule has 0 saturated carbocycles. The summed E-state index contributed by atoms with van der Waals surface area (Å²) in [5, 5.41) is 7.01. The van der Waals surface area contributed by atoms with Gasteiger partial charge in [0.05, 0.1) is 5.01 Å². The summed E-state index contributed by atoms with van der Waals surface area (Å²) >= 11 is 5.84. The van der Waals surface area contributed by atoms with Crippen LogP contribution in [0.4, 0.5) is 0 Å². The summed E-state index contributed by atoms with van der Waals surface area (Å²) in [5.74, 6) is 2.48. The predicted molar refractivity (Wildman–Crippen MR) is 91.0 cm³/mol. The molecule has 20 heavy (non-hydrogen) atoms. The maximum atomic E-state index is 4.45. The highest BCUT2D eigenvalue weighted by Gasteiger charge is 2.20. The molecule has 1 aliphatic heterocycles. The molecule has 1 N–H and O–H groups in total. The average Bonchev–Trinajstić information content (AvgIpc) is 3.12. The fourth-order valence-corrected chi connectivity index (χ4v) is 5.58. The number of hydrogen-bond donors (Lipinski definition) is 1. The summed E-state index contributed by atoms with van der Waals surface area (Å²) in [6.45, 7) is 3.30. The van der Waals surface area contributed by atoms with Crippen molar-refractivity contribution in [3.63, 3.8) is 0 Å². The largest absolute Gasteiger partial charge is 0.309 e. The Morgan fingerprint density at radius 2 is 2.40 bits per heavy atom. The smallest absolute Gasteiger partial charge is 0.0944 e. The van der Waals surface area contributed by atoms with Gasteiger partial charge >= 0.3 is 0 Å². The van der Waals surface area contributed by atoms with E-state index in [1.54, 1.807) is 21.8 Å². The third-order valence-corrected chi connectivity index (χ3v) is 6.65. The van der Waals surface area contributed by atoms with Crippen molar-refractivity contribution < 1.29 is 0 Å². The first-order valence-electron chi connectivity index (χ1n) is 7.17. The molecule has 0 fully saturated rings. The molecule has 3 heterocycles. The zero-order valence-electron chi connectivity index (χ0n) is 11.7. The Hall–Kier alpha value is -0.360. The lowest BCUT2D eigenvalue weighted by Crippen LogP contribution is -2.23. The van der Waals surface area contributed by atoms with Gasteiger partial charge in [0.1, 0.15) is 0 Å². The molecule has 0 aromatic carbocycles. The zero-order valence-corrected chi connectivity index (χ0v) is 14.2. The minimum Gasteiger partial charge on any atom is -0.309 e. The molecule has 0 aliphatic carbocycles. The summed E-state index contributed by atoms with van der Waals surface area (Å²) in [6.07, 6.45) is 5.36. The Kier molecular flexibility index (Phi) is 5.15. The van der Waals surface area contributed by atoms with Crippen LogP contribution in [-0.4, -0.2) is 17.3 Å². The second kappa shape index (κ2) is 7.07. The van der Waals surface area contributed by atoms with Crippen molar-refractivity contribution in [1.29, 1.82) is 0 Å². The quantitative estimate of drug-likeness (QED) is 0.858. The Morgan fingerprint density at radius 3 is 3.15 bits per heavy atom. The molecule has 108 valence electrons. The van der Waals surface area contributed by atoms with Crippen molar-refractivity contribution in [2.75, 3.05) is 12.3 Å². The first-order chi connectivity index (χ1) is 9.86. The van der Waals surface area contributed by atoms with Gasteiger partial charge in [-0.25, -0.2) is 4.98 Å². The zero-order chi connectivity index (χ0) is 13.8. The number of thiophene rings is 1. The minimum absolute atomic E-state index is 0.432. The third-order valence-electron chi connectivity index (χ3n) is 3.49. The molecule has 3 rings (SSSR count). The Bertz CT molecular complexity index is 510. The van der Waals surface area contributed by atoms with E-state index in [9.17, 15) is 0 Å². The van der Waals surface area contributed by atoms with E-state index in [0.29, 0.717) is 6.04 Å². The lowest BCUT2D eigenvalue weighted by atomic mass is 10.1. The van der Waals surface area contributed by atoms with Crippen molar-refractivity contribution >= 4 is 34.4 Å². The number of nitrogens with one attached hydrogen (secondary N) is 1. The normalized spacial score (nSPS) is 16.1. The van der Waals surface area contributed by atoms with E-state index in [1.165, 1.54) is 34.2 Å². The number of thiazole rings is 1. The van der Waals surface area contributed by atoms with Crippen LogP contribution in [0, 0.1) is 0 Å². The van der Waals surface area contributed by atoms with E-state index < -0.39 is 0 Å². The molecule has 2 aromatic rings. The molecular weight excluding hydrogens is 304 g/mol. The van der Waals surface area contributed by atoms with Crippen LogP contribution in [-0.2, 0) is 18.6 Å². The highest BCUT2D eigenvalue weighted by molar-refractivity contribution is 7.98. The predicted octanol–water partition coefficient (Wildman–Crippen LogP) is 4.28. The minimum atomic E-state index is 0.432. The monoisotopic (exact) mass is 324 g/mol. The fraction of sp³-hybridized carbons (Fsp3) is 0.533. The molecule has 1 atom stereocenters. The second-order valence-electron chi connectivity index (χ2n) is 5.04. The molecule has 0 bridgehead atoms. The van der Waals surface area contributed by atoms with Crippen LogP contribution >= 0.6 is 34.4 Å². The summed E-state index contributed by atoms with van der Waals surface area (Å²) in [6, 6.07) is 2.87. The van der Waals surface area contributed by atoms with E-state index in [-0.39, 0.29) is 0 Å². The van der Waals surface area contributed by atoms with Crippen LogP contribution in [0.3, 0.4) is 0 Å². The molecule has 2 aromatic heterocycles. The Balaban J connectivity index is 1.78. The van der Waals surface area contributed by atoms with Crippen LogP contribution < -0.4 is 5.32 Å². The van der Waals surface area contributed by atoms with E-state index in [4.69, 9.17) is 0 Å². The van der Waals surface area contributed by atoms with Gasteiger partial charge in [0, 0.05) is 39.5 Å². The second-order valence-corrected chi connectivity index (χ2v) is 8.29. The summed E-state index contributed by atoms with van der Waals surface area (Å²) in [5.41, 5.74) is 1.57. The van der Waals surface area contributed by atoms with Crippen LogP contribution in [0.5, 0.6) is 0 Å². The average molecular weight is 325 g/mol. The number of hydrogen-bond acceptors (Lipinski definition) is 5. The van der Waals surface area contributed by atoms with Gasteiger partial charge in [-0.05, 0) is 36.8 Å². The van der Waals surface area contributed by atoms with Crippen molar-refractivity contribution in [1.82, 2.24) is 10.3 Å². The summed E-state index contributed by atoms with van der Waals surface area (Å²) in [7, 11) is 0. The van der Waals surface area contributed by atoms with Crippen LogP contribution in [0.1, 0.15) is 39.7 Å². The van der Waals surface area contributed by atoms with Gasteiger partial charge in [0.2, 0.25) is 0 Å². The summed E-state index contributed by atoms with van der Waals surface area (Å²) in [4.78, 5) is 7.56. The third kappa shape index (κ3) is 3.45. The molecule has 1 aliphatic rings. The first kappa shape index (κ1) is 14.6. The van der Waals surface area contributed by atoms with Crippen molar-refractivity contribution in [3.8, 4) is 0 Å². The van der Waals surface area contributed by atoms with Gasteiger partial charge in [-0.3, -0.25) is 0 Å². The van der Waals surface area contributed by atoms with Gasteiger partial charge in [0.15, 0.2) is 0 Å². The standard InChI is InChI=1S/C15H20N2S3/c1-2-4-16-12(9-15-17-5-7-19-15)14-8-11-10-18-6-3-13(11)20-14/h5,7-8,12,16H,2-4,6,9-10H2,1H3. The van der Waals surface area contributed by atoms with E-state index in [1.807, 2.05) is 17.5 Å². The van der Waals surface area contributed by atoms with Crippen LogP contribution in [0.15, 0.2) is 17.6 Å². The van der Waals surface area contributed by atoms with Gasteiger partial charge < -0.3 is 5.32 Å². The fourth-order valence-electron chi connectivity index (χ4n) is 2.46. The molecule has 0 amide bonds. The van der Waals surface area contributed by atoms with Crippen molar-refractivity contribution in [2.45, 2.75) is 38.0 Å². The van der Waals surface area contributed by atoms with Crippen molar-refractivity contribution in [3.05, 3.63) is 38.0 Å². The topological polar surface area (TPSA) is 24.9 Å². The number of thioether (sulfide) groups is 1. The van der Waals surface area contributed by atoms with Gasteiger partial charge in [0.25, 0.3) is 0 Å². The van der Waals surface area contributed by atoms with E-state index in [0.717, 1.165) is 13.0 Å². The van der Waals surface area contributed by atoms with Crippen LogP contribution in [0.2, 0.25) is 0 Å².